The van der Waals surface area contributed by atoms with Crippen LogP contribution in [-0.4, -0.2) is 24.2 Å². The van der Waals surface area contributed by atoms with Crippen LogP contribution >= 0.6 is 11.3 Å². The van der Waals surface area contributed by atoms with E-state index in [4.69, 9.17) is 0 Å². The molecule has 2 rings (SSSR count). The Morgan fingerprint density at radius 3 is 2.53 bits per heavy atom. The molecule has 0 saturated carbocycles. The minimum Gasteiger partial charge on any atom is -0.309 e. The van der Waals surface area contributed by atoms with Gasteiger partial charge in [-0.1, -0.05) is 30.3 Å². The van der Waals surface area contributed by atoms with Crippen molar-refractivity contribution in [3.63, 3.8) is 0 Å². The van der Waals surface area contributed by atoms with E-state index in [0.29, 0.717) is 5.01 Å². The zero-order chi connectivity index (χ0) is 13.9. The molecule has 1 aromatic heterocycles. The molecule has 1 heterocycles. The summed E-state index contributed by atoms with van der Waals surface area (Å²) in [5.74, 6) is 0. The van der Waals surface area contributed by atoms with Crippen molar-refractivity contribution in [3.05, 3.63) is 40.7 Å². The third-order valence-electron chi connectivity index (χ3n) is 2.74. The van der Waals surface area contributed by atoms with E-state index < -0.39 is 12.2 Å². The van der Waals surface area contributed by atoms with Crippen LogP contribution in [0.4, 0.5) is 13.2 Å². The van der Waals surface area contributed by atoms with Crippen LogP contribution < -0.4 is 5.32 Å². The van der Waals surface area contributed by atoms with Gasteiger partial charge < -0.3 is 5.32 Å². The van der Waals surface area contributed by atoms with Crippen molar-refractivity contribution in [2.45, 2.75) is 18.6 Å². The highest BCUT2D eigenvalue weighted by Crippen LogP contribution is 2.26. The van der Waals surface area contributed by atoms with Crippen LogP contribution in [0.3, 0.4) is 0 Å². The second-order valence-corrected chi connectivity index (χ2v) is 5.02. The molecule has 2 nitrogen and oxygen atoms in total. The molecule has 2 aromatic rings. The first-order valence-electron chi connectivity index (χ1n) is 5.74. The predicted molar refractivity (Wildman–Crippen MR) is 70.2 cm³/mol. The molecule has 1 N–H and O–H groups in total. The lowest BCUT2D eigenvalue weighted by atomic mass is 10.2. The van der Waals surface area contributed by atoms with Gasteiger partial charge in [0.15, 0.2) is 0 Å². The third-order valence-corrected chi connectivity index (χ3v) is 3.61. The van der Waals surface area contributed by atoms with Gasteiger partial charge in [0, 0.05) is 17.4 Å². The number of rotatable bonds is 4. The summed E-state index contributed by atoms with van der Waals surface area (Å²) in [5.41, 5.74) is 1.63. The Morgan fingerprint density at radius 1 is 1.26 bits per heavy atom. The Labute approximate surface area is 113 Å². The van der Waals surface area contributed by atoms with E-state index in [1.54, 1.807) is 5.38 Å². The van der Waals surface area contributed by atoms with Gasteiger partial charge in [0.2, 0.25) is 0 Å². The van der Waals surface area contributed by atoms with E-state index in [2.05, 4.69) is 10.3 Å². The van der Waals surface area contributed by atoms with Gasteiger partial charge in [0.05, 0.1) is 10.7 Å². The van der Waals surface area contributed by atoms with Crippen LogP contribution in [0.2, 0.25) is 0 Å². The SMILES string of the molecule is CNC(Cc1nc(-c2ccccc2)cs1)C(F)(F)F. The molecule has 6 heteroatoms. The van der Waals surface area contributed by atoms with Gasteiger partial charge in [0.1, 0.15) is 6.04 Å². The van der Waals surface area contributed by atoms with E-state index >= 15 is 0 Å². The van der Waals surface area contributed by atoms with Gasteiger partial charge in [-0.15, -0.1) is 11.3 Å². The zero-order valence-electron chi connectivity index (χ0n) is 10.2. The molecule has 19 heavy (non-hydrogen) atoms. The first kappa shape index (κ1) is 14.0. The Bertz CT molecular complexity index is 522. The fourth-order valence-corrected chi connectivity index (χ4v) is 2.55. The number of alkyl halides is 3. The first-order valence-corrected chi connectivity index (χ1v) is 6.62. The van der Waals surface area contributed by atoms with Crippen molar-refractivity contribution in [1.82, 2.24) is 10.3 Å². The number of aromatic nitrogens is 1. The maximum Gasteiger partial charge on any atom is 0.404 e. The van der Waals surface area contributed by atoms with Crippen LogP contribution in [0.5, 0.6) is 0 Å². The van der Waals surface area contributed by atoms with Crippen molar-refractivity contribution in [2.24, 2.45) is 0 Å². The van der Waals surface area contributed by atoms with Crippen LogP contribution in [0.15, 0.2) is 35.7 Å². The lowest BCUT2D eigenvalue weighted by molar-refractivity contribution is -0.154. The summed E-state index contributed by atoms with van der Waals surface area (Å²) in [7, 11) is 1.31. The normalized spacial score (nSPS) is 13.5. The number of nitrogens with one attached hydrogen (secondary N) is 1. The summed E-state index contributed by atoms with van der Waals surface area (Å²) in [6.45, 7) is 0. The van der Waals surface area contributed by atoms with Crippen LogP contribution in [0.1, 0.15) is 5.01 Å². The molecule has 1 unspecified atom stereocenters. The van der Waals surface area contributed by atoms with Gasteiger partial charge in [-0.2, -0.15) is 13.2 Å². The van der Waals surface area contributed by atoms with Crippen LogP contribution in [0, 0.1) is 0 Å². The minimum absolute atomic E-state index is 0.141. The first-order chi connectivity index (χ1) is 9.00. The maximum atomic E-state index is 12.7. The van der Waals surface area contributed by atoms with E-state index in [0.717, 1.165) is 11.3 Å². The van der Waals surface area contributed by atoms with Gasteiger partial charge in [-0.05, 0) is 7.05 Å². The quantitative estimate of drug-likeness (QED) is 0.930. The lowest BCUT2D eigenvalue weighted by Gasteiger charge is -2.18. The average Bonchev–Trinajstić information content (AvgIpc) is 2.84. The molecule has 0 spiro atoms. The van der Waals surface area contributed by atoms with E-state index in [1.807, 2.05) is 30.3 Å². The van der Waals surface area contributed by atoms with Gasteiger partial charge in [0.25, 0.3) is 0 Å². The molecule has 0 aliphatic carbocycles. The number of thiazole rings is 1. The topological polar surface area (TPSA) is 24.9 Å². The largest absolute Gasteiger partial charge is 0.404 e. The highest BCUT2D eigenvalue weighted by Gasteiger charge is 2.38. The molecule has 0 bridgehead atoms. The number of benzene rings is 1. The monoisotopic (exact) mass is 286 g/mol. The Balaban J connectivity index is 2.14. The van der Waals surface area contributed by atoms with Crippen molar-refractivity contribution in [1.29, 1.82) is 0 Å². The summed E-state index contributed by atoms with van der Waals surface area (Å²) in [5, 5.41) is 4.55. The summed E-state index contributed by atoms with van der Waals surface area (Å²) in [4.78, 5) is 4.26. The summed E-state index contributed by atoms with van der Waals surface area (Å²) < 4.78 is 38.0. The fourth-order valence-electron chi connectivity index (χ4n) is 1.70. The molecule has 0 saturated heterocycles. The molecule has 102 valence electrons. The van der Waals surface area contributed by atoms with Crippen LogP contribution in [0.25, 0.3) is 11.3 Å². The molecule has 0 aliphatic heterocycles. The molecule has 0 amide bonds. The summed E-state index contributed by atoms with van der Waals surface area (Å²) in [6, 6.07) is 7.86. The van der Waals surface area contributed by atoms with Crippen molar-refractivity contribution in [3.8, 4) is 11.3 Å². The van der Waals surface area contributed by atoms with Crippen molar-refractivity contribution < 1.29 is 13.2 Å². The minimum atomic E-state index is -4.26. The standard InChI is InChI=1S/C13H13F3N2S/c1-17-11(13(14,15)16)7-12-18-10(8-19-12)9-5-3-2-4-6-9/h2-6,8,11,17H,7H2,1H3. The highest BCUT2D eigenvalue weighted by molar-refractivity contribution is 7.09. The number of nitrogens with zero attached hydrogens (tertiary/aromatic N) is 1. The predicted octanol–water partition coefficient (Wildman–Crippen LogP) is 3.50. The summed E-state index contributed by atoms with van der Waals surface area (Å²) in [6.07, 6.45) is -4.40. The number of hydrogen-bond donors (Lipinski definition) is 1. The Morgan fingerprint density at radius 2 is 1.95 bits per heavy atom. The number of hydrogen-bond acceptors (Lipinski definition) is 3. The second-order valence-electron chi connectivity index (χ2n) is 4.08. The third kappa shape index (κ3) is 3.54. The van der Waals surface area contributed by atoms with Gasteiger partial charge in [-0.3, -0.25) is 0 Å². The smallest absolute Gasteiger partial charge is 0.309 e. The fraction of sp³-hybridized carbons (Fsp3) is 0.308. The lowest BCUT2D eigenvalue weighted by Crippen LogP contribution is -2.41. The van der Waals surface area contributed by atoms with Crippen LogP contribution in [-0.2, 0) is 6.42 Å². The molecule has 0 fully saturated rings. The molecular formula is C13H13F3N2S. The van der Waals surface area contributed by atoms with Crippen molar-refractivity contribution >= 4 is 11.3 Å². The van der Waals surface area contributed by atoms with E-state index in [1.165, 1.54) is 18.4 Å². The average molecular weight is 286 g/mol. The van der Waals surface area contributed by atoms with E-state index in [9.17, 15) is 13.2 Å². The molecule has 1 atom stereocenters. The van der Waals surface area contributed by atoms with Crippen molar-refractivity contribution in [2.75, 3.05) is 7.05 Å². The molecule has 0 aliphatic rings. The Hall–Kier alpha value is -1.40. The zero-order valence-corrected chi connectivity index (χ0v) is 11.1. The molecular weight excluding hydrogens is 273 g/mol. The number of halogens is 3. The second kappa shape index (κ2) is 5.71. The van der Waals surface area contributed by atoms with Gasteiger partial charge >= 0.3 is 6.18 Å². The Kier molecular flexibility index (Phi) is 4.21. The highest BCUT2D eigenvalue weighted by atomic mass is 32.1. The molecule has 0 radical (unpaired) electrons. The summed E-state index contributed by atoms with van der Waals surface area (Å²) >= 11 is 1.25. The van der Waals surface area contributed by atoms with Gasteiger partial charge in [-0.25, -0.2) is 4.98 Å². The molecule has 1 aromatic carbocycles. The maximum absolute atomic E-state index is 12.7. The van der Waals surface area contributed by atoms with E-state index in [-0.39, 0.29) is 6.42 Å². The number of likely N-dealkylation sites (N-methyl/N-ethyl adjacent to an activating group) is 1.